The molecule has 1 saturated heterocycles. The normalized spacial score (nSPS) is 15.7. The number of anilines is 2. The Bertz CT molecular complexity index is 1740. The number of carbonyl (C=O) groups is 2. The lowest BCUT2D eigenvalue weighted by Gasteiger charge is -2.27. The van der Waals surface area contributed by atoms with Gasteiger partial charge < -0.3 is 24.7 Å². The van der Waals surface area contributed by atoms with Crippen molar-refractivity contribution in [3.05, 3.63) is 72.3 Å². The maximum atomic E-state index is 13.8. The summed E-state index contributed by atoms with van der Waals surface area (Å²) in [6, 6.07) is 14.2. The number of aromatic nitrogens is 2. The van der Waals surface area contributed by atoms with Crippen LogP contribution in [0.25, 0.3) is 10.9 Å². The zero-order valence-corrected chi connectivity index (χ0v) is 25.8. The highest BCUT2D eigenvalue weighted by atomic mass is 19.1. The molecule has 6 rings (SSSR count). The van der Waals surface area contributed by atoms with Crippen molar-refractivity contribution in [3.63, 3.8) is 0 Å². The molecule has 2 N–H and O–H groups in total. The highest BCUT2D eigenvalue weighted by molar-refractivity contribution is 6.16. The number of hydrogen-bond acceptors (Lipinski definition) is 9. The van der Waals surface area contributed by atoms with Crippen LogP contribution in [0.3, 0.4) is 0 Å². The SMILES string of the molecule is COc1cc2c(Oc3ccc(N(C(=O)C4(C(N)=O)CC4)c4ccc(F)cc4)c(C)n3)ccnc2cc1OCCCN1CCOCC1. The minimum Gasteiger partial charge on any atom is -0.493 e. The molecule has 0 unspecified atom stereocenters. The van der Waals surface area contributed by atoms with E-state index in [1.807, 2.05) is 12.1 Å². The fourth-order valence-electron chi connectivity index (χ4n) is 5.58. The van der Waals surface area contributed by atoms with E-state index >= 15 is 0 Å². The van der Waals surface area contributed by atoms with E-state index in [9.17, 15) is 14.0 Å². The van der Waals surface area contributed by atoms with Gasteiger partial charge in [0, 0.05) is 49.0 Å². The summed E-state index contributed by atoms with van der Waals surface area (Å²) in [5.41, 5.74) is 6.26. The van der Waals surface area contributed by atoms with Crippen molar-refractivity contribution in [1.29, 1.82) is 0 Å². The fraction of sp³-hybridized carbons (Fsp3) is 0.353. The molecule has 11 nitrogen and oxygen atoms in total. The number of nitrogens with zero attached hydrogens (tertiary/aromatic N) is 4. The number of primary amides is 1. The number of fused-ring (bicyclic) bond motifs is 1. The lowest BCUT2D eigenvalue weighted by molar-refractivity contribution is -0.133. The van der Waals surface area contributed by atoms with Crippen molar-refractivity contribution >= 4 is 34.1 Å². The second kappa shape index (κ2) is 13.3. The van der Waals surface area contributed by atoms with E-state index in [0.29, 0.717) is 64.7 Å². The smallest absolute Gasteiger partial charge is 0.247 e. The first kappa shape index (κ1) is 31.2. The Balaban J connectivity index is 1.23. The third-order valence-corrected chi connectivity index (χ3v) is 8.37. The van der Waals surface area contributed by atoms with Crippen molar-refractivity contribution in [2.75, 3.05) is 51.5 Å². The van der Waals surface area contributed by atoms with Crippen LogP contribution >= 0.6 is 0 Å². The summed E-state index contributed by atoms with van der Waals surface area (Å²) in [7, 11) is 1.58. The second-order valence-electron chi connectivity index (χ2n) is 11.4. The largest absolute Gasteiger partial charge is 0.493 e. The molecule has 0 atom stereocenters. The van der Waals surface area contributed by atoms with Crippen molar-refractivity contribution in [2.45, 2.75) is 26.2 Å². The Morgan fingerprint density at radius 1 is 1.04 bits per heavy atom. The lowest BCUT2D eigenvalue weighted by Crippen LogP contribution is -2.41. The van der Waals surface area contributed by atoms with E-state index in [1.54, 1.807) is 38.4 Å². The van der Waals surface area contributed by atoms with Gasteiger partial charge in [-0.05, 0) is 68.7 Å². The summed E-state index contributed by atoms with van der Waals surface area (Å²) in [6.07, 6.45) is 3.21. The molecule has 240 valence electrons. The number of halogens is 1. The van der Waals surface area contributed by atoms with Crippen LogP contribution in [0.4, 0.5) is 15.8 Å². The number of rotatable bonds is 12. The molecule has 2 aliphatic rings. The quantitative estimate of drug-likeness (QED) is 0.172. The topological polar surface area (TPSA) is 129 Å². The predicted molar refractivity (Wildman–Crippen MR) is 169 cm³/mol. The number of morpholine rings is 1. The average molecular weight is 630 g/mol. The molecule has 2 amide bonds. The Hall–Kier alpha value is -4.81. The predicted octanol–water partition coefficient (Wildman–Crippen LogP) is 4.91. The number of ether oxygens (including phenoxy) is 4. The van der Waals surface area contributed by atoms with Crippen LogP contribution < -0.4 is 24.8 Å². The summed E-state index contributed by atoms with van der Waals surface area (Å²) in [5.74, 6) is 0.309. The summed E-state index contributed by atoms with van der Waals surface area (Å²) in [4.78, 5) is 38.8. The summed E-state index contributed by atoms with van der Waals surface area (Å²) in [6.45, 7) is 6.59. The molecule has 1 saturated carbocycles. The van der Waals surface area contributed by atoms with Crippen molar-refractivity contribution in [1.82, 2.24) is 14.9 Å². The van der Waals surface area contributed by atoms with Gasteiger partial charge in [0.05, 0.1) is 43.8 Å². The van der Waals surface area contributed by atoms with Gasteiger partial charge in [0.1, 0.15) is 17.0 Å². The van der Waals surface area contributed by atoms with Gasteiger partial charge in [-0.3, -0.25) is 24.4 Å². The van der Waals surface area contributed by atoms with Gasteiger partial charge >= 0.3 is 0 Å². The molecule has 0 radical (unpaired) electrons. The molecule has 1 aliphatic carbocycles. The maximum absolute atomic E-state index is 13.8. The van der Waals surface area contributed by atoms with Crippen LogP contribution in [0.15, 0.2) is 60.8 Å². The molecule has 0 bridgehead atoms. The minimum absolute atomic E-state index is 0.277. The molecule has 0 spiro atoms. The highest BCUT2D eigenvalue weighted by Gasteiger charge is 2.57. The van der Waals surface area contributed by atoms with Crippen LogP contribution in [0.1, 0.15) is 25.0 Å². The van der Waals surface area contributed by atoms with E-state index in [2.05, 4.69) is 14.9 Å². The Morgan fingerprint density at radius 2 is 1.80 bits per heavy atom. The van der Waals surface area contributed by atoms with Gasteiger partial charge in [0.15, 0.2) is 11.5 Å². The van der Waals surface area contributed by atoms with Gasteiger partial charge in [-0.25, -0.2) is 9.37 Å². The van der Waals surface area contributed by atoms with E-state index < -0.39 is 23.0 Å². The van der Waals surface area contributed by atoms with Gasteiger partial charge in [0.25, 0.3) is 0 Å². The molecule has 2 fully saturated rings. The molecule has 46 heavy (non-hydrogen) atoms. The van der Waals surface area contributed by atoms with Crippen LogP contribution in [0.2, 0.25) is 0 Å². The number of carbonyl (C=O) groups excluding carboxylic acids is 2. The molecule has 2 aromatic heterocycles. The van der Waals surface area contributed by atoms with Crippen molar-refractivity contribution in [3.8, 4) is 23.1 Å². The second-order valence-corrected chi connectivity index (χ2v) is 11.4. The third-order valence-electron chi connectivity index (χ3n) is 8.37. The van der Waals surface area contributed by atoms with Crippen molar-refractivity contribution < 1.29 is 32.9 Å². The average Bonchev–Trinajstić information content (AvgIpc) is 3.88. The molecule has 3 heterocycles. The van der Waals surface area contributed by atoms with Crippen molar-refractivity contribution in [2.24, 2.45) is 11.1 Å². The summed E-state index contributed by atoms with van der Waals surface area (Å²) in [5, 5.41) is 0.698. The fourth-order valence-corrected chi connectivity index (χ4v) is 5.58. The Kier molecular flexibility index (Phi) is 9.00. The number of benzene rings is 2. The number of aryl methyl sites for hydroxylation is 1. The van der Waals surface area contributed by atoms with Crippen LogP contribution in [-0.2, 0) is 14.3 Å². The lowest BCUT2D eigenvalue weighted by atomic mass is 10.0. The molecule has 12 heteroatoms. The van der Waals surface area contributed by atoms with Gasteiger partial charge in [-0.15, -0.1) is 0 Å². The number of pyridine rings is 2. The number of hydrogen-bond donors (Lipinski definition) is 1. The van der Waals surface area contributed by atoms with Crippen LogP contribution in [0.5, 0.6) is 23.1 Å². The van der Waals surface area contributed by atoms with Crippen LogP contribution in [0, 0.1) is 18.2 Å². The first-order chi connectivity index (χ1) is 22.3. The number of nitrogens with two attached hydrogens (primary N) is 1. The molecule has 2 aromatic carbocycles. The van der Waals surface area contributed by atoms with E-state index in [4.69, 9.17) is 24.7 Å². The molecular formula is C34H36FN5O6. The number of methoxy groups -OCH3 is 1. The van der Waals surface area contributed by atoms with Crippen LogP contribution in [-0.4, -0.2) is 73.2 Å². The highest BCUT2D eigenvalue weighted by Crippen LogP contribution is 2.49. The molecular weight excluding hydrogens is 593 g/mol. The monoisotopic (exact) mass is 629 g/mol. The van der Waals surface area contributed by atoms with E-state index in [-0.39, 0.29) is 5.88 Å². The first-order valence-electron chi connectivity index (χ1n) is 15.2. The van der Waals surface area contributed by atoms with Gasteiger partial charge in [-0.2, -0.15) is 0 Å². The van der Waals surface area contributed by atoms with Gasteiger partial charge in [-0.1, -0.05) is 0 Å². The van der Waals surface area contributed by atoms with E-state index in [1.165, 1.54) is 29.2 Å². The van der Waals surface area contributed by atoms with E-state index in [0.717, 1.165) is 39.3 Å². The number of amides is 2. The Morgan fingerprint density at radius 3 is 2.48 bits per heavy atom. The summed E-state index contributed by atoms with van der Waals surface area (Å²) >= 11 is 0. The Labute approximate surface area is 266 Å². The zero-order chi connectivity index (χ0) is 32.3. The van der Waals surface area contributed by atoms with Gasteiger partial charge in [0.2, 0.25) is 17.7 Å². The molecule has 1 aliphatic heterocycles. The third kappa shape index (κ3) is 6.44. The first-order valence-corrected chi connectivity index (χ1v) is 15.2. The maximum Gasteiger partial charge on any atom is 0.247 e. The molecule has 4 aromatic rings. The zero-order valence-electron chi connectivity index (χ0n) is 25.8. The minimum atomic E-state index is -1.30. The summed E-state index contributed by atoms with van der Waals surface area (Å²) < 4.78 is 37.1. The standard InChI is InChI=1S/C34H36FN5O6/c1-22-27(40(24-6-4-23(35)5-7-24)33(42)34(11-12-34)32(36)41)8-9-31(38-22)46-28-10-13-37-26-21-30(29(43-2)20-25(26)28)45-17-3-14-39-15-18-44-19-16-39/h4-10,13,20-21H,3,11-12,14-19H2,1-2H3,(H2,36,41).